The lowest BCUT2D eigenvalue weighted by Gasteiger charge is -2.08. The largest absolute Gasteiger partial charge is 0.457 e. The van der Waals surface area contributed by atoms with Crippen LogP contribution in [0.2, 0.25) is 0 Å². The molecule has 0 atom stereocenters. The van der Waals surface area contributed by atoms with Gasteiger partial charge in [0.05, 0.1) is 11.1 Å². The Morgan fingerprint density at radius 1 is 1.04 bits per heavy atom. The second-order valence-electron chi connectivity index (χ2n) is 5.12. The van der Waals surface area contributed by atoms with Crippen molar-refractivity contribution in [2.45, 2.75) is 0 Å². The standard InChI is InChI=1S/C17H12FN5O/c18-10-1-3-11(4-2-10)24-14-5-6-20-17-16(14)12(8-21-17)13-7-15(19)23-9-22-13/h1-9H,(H,20,21)(H2,19,22,23). The third-order valence-electron chi connectivity index (χ3n) is 3.54. The Morgan fingerprint density at radius 2 is 1.88 bits per heavy atom. The number of nitrogen functional groups attached to an aromatic ring is 1. The van der Waals surface area contributed by atoms with E-state index in [-0.39, 0.29) is 5.82 Å². The molecule has 1 aromatic carbocycles. The minimum atomic E-state index is -0.319. The second-order valence-corrected chi connectivity index (χ2v) is 5.12. The third kappa shape index (κ3) is 2.52. The van der Waals surface area contributed by atoms with Crippen LogP contribution in [0, 0.1) is 5.82 Å². The van der Waals surface area contributed by atoms with Crippen molar-refractivity contribution in [3.05, 3.63) is 60.9 Å². The fraction of sp³-hybridized carbons (Fsp3) is 0. The lowest BCUT2D eigenvalue weighted by atomic mass is 10.1. The highest BCUT2D eigenvalue weighted by Crippen LogP contribution is 2.35. The summed E-state index contributed by atoms with van der Waals surface area (Å²) in [6.07, 6.45) is 4.83. The molecule has 3 aromatic heterocycles. The Hall–Kier alpha value is -3.48. The number of fused-ring (bicyclic) bond motifs is 1. The molecular formula is C17H12FN5O. The zero-order valence-electron chi connectivity index (χ0n) is 12.4. The molecule has 0 unspecified atom stereocenters. The number of rotatable bonds is 3. The van der Waals surface area contributed by atoms with Crippen molar-refractivity contribution < 1.29 is 9.13 Å². The normalized spacial score (nSPS) is 10.9. The maximum atomic E-state index is 13.1. The van der Waals surface area contributed by atoms with Crippen LogP contribution in [0.4, 0.5) is 10.2 Å². The Kier molecular flexibility index (Phi) is 3.31. The number of halogens is 1. The van der Waals surface area contributed by atoms with E-state index >= 15 is 0 Å². The molecule has 118 valence electrons. The molecule has 4 aromatic rings. The summed E-state index contributed by atoms with van der Waals surface area (Å²) in [5.74, 6) is 1.17. The maximum Gasteiger partial charge on any atom is 0.141 e. The average Bonchev–Trinajstić information content (AvgIpc) is 3.02. The molecule has 0 aliphatic carbocycles. The van der Waals surface area contributed by atoms with Gasteiger partial charge in [-0.1, -0.05) is 0 Å². The summed E-state index contributed by atoms with van der Waals surface area (Å²) in [6, 6.07) is 9.24. The van der Waals surface area contributed by atoms with Gasteiger partial charge in [0.2, 0.25) is 0 Å². The van der Waals surface area contributed by atoms with E-state index in [9.17, 15) is 4.39 Å². The molecule has 3 heterocycles. The molecule has 6 nitrogen and oxygen atoms in total. The van der Waals surface area contributed by atoms with Crippen LogP contribution in [0.25, 0.3) is 22.3 Å². The van der Waals surface area contributed by atoms with Gasteiger partial charge in [-0.25, -0.2) is 19.3 Å². The SMILES string of the molecule is Nc1cc(-c2c[nH]c3nccc(Oc4ccc(F)cc4)c23)ncn1. The number of nitrogens with one attached hydrogen (secondary N) is 1. The first-order valence-electron chi connectivity index (χ1n) is 7.18. The number of ether oxygens (including phenoxy) is 1. The molecule has 0 aliphatic heterocycles. The minimum Gasteiger partial charge on any atom is -0.457 e. The van der Waals surface area contributed by atoms with Crippen LogP contribution in [-0.4, -0.2) is 19.9 Å². The van der Waals surface area contributed by atoms with Gasteiger partial charge in [0, 0.05) is 24.0 Å². The van der Waals surface area contributed by atoms with E-state index in [1.54, 1.807) is 36.7 Å². The predicted octanol–water partition coefficient (Wildman–Crippen LogP) is 3.53. The first-order chi connectivity index (χ1) is 11.7. The van der Waals surface area contributed by atoms with Crippen LogP contribution >= 0.6 is 0 Å². The molecule has 4 rings (SSSR count). The fourth-order valence-corrected chi connectivity index (χ4v) is 2.46. The fourth-order valence-electron chi connectivity index (χ4n) is 2.46. The van der Waals surface area contributed by atoms with E-state index in [1.165, 1.54) is 18.5 Å². The molecule has 0 amide bonds. The summed E-state index contributed by atoms with van der Waals surface area (Å²) in [4.78, 5) is 15.5. The van der Waals surface area contributed by atoms with Crippen molar-refractivity contribution in [3.63, 3.8) is 0 Å². The van der Waals surface area contributed by atoms with E-state index in [1.807, 2.05) is 0 Å². The Balaban J connectivity index is 1.84. The van der Waals surface area contributed by atoms with E-state index in [0.717, 1.165) is 10.9 Å². The maximum absolute atomic E-state index is 13.1. The van der Waals surface area contributed by atoms with Gasteiger partial charge in [-0.2, -0.15) is 0 Å². The summed E-state index contributed by atoms with van der Waals surface area (Å²) >= 11 is 0. The summed E-state index contributed by atoms with van der Waals surface area (Å²) in [7, 11) is 0. The molecule has 7 heteroatoms. The molecule has 3 N–H and O–H groups in total. The summed E-state index contributed by atoms with van der Waals surface area (Å²) in [5.41, 5.74) is 7.85. The Morgan fingerprint density at radius 3 is 2.67 bits per heavy atom. The van der Waals surface area contributed by atoms with Crippen molar-refractivity contribution in [2.24, 2.45) is 0 Å². The lowest BCUT2D eigenvalue weighted by molar-refractivity contribution is 0.486. The minimum absolute atomic E-state index is 0.319. The number of anilines is 1. The molecule has 24 heavy (non-hydrogen) atoms. The summed E-state index contributed by atoms with van der Waals surface area (Å²) in [5, 5.41) is 0.764. The predicted molar refractivity (Wildman–Crippen MR) is 88.0 cm³/mol. The molecule has 0 radical (unpaired) electrons. The van der Waals surface area contributed by atoms with Crippen LogP contribution in [-0.2, 0) is 0 Å². The molecule has 0 saturated heterocycles. The number of benzene rings is 1. The highest BCUT2D eigenvalue weighted by molar-refractivity contribution is 5.97. The number of pyridine rings is 1. The number of aromatic nitrogens is 4. The Labute approximate surface area is 136 Å². The number of hydrogen-bond acceptors (Lipinski definition) is 5. The van der Waals surface area contributed by atoms with Gasteiger partial charge in [-0.05, 0) is 30.3 Å². The van der Waals surface area contributed by atoms with Crippen molar-refractivity contribution in [1.29, 1.82) is 0 Å². The highest BCUT2D eigenvalue weighted by atomic mass is 19.1. The molecule has 0 aliphatic rings. The molecule has 0 spiro atoms. The van der Waals surface area contributed by atoms with Gasteiger partial charge < -0.3 is 15.5 Å². The van der Waals surface area contributed by atoms with Crippen molar-refractivity contribution in [3.8, 4) is 22.8 Å². The number of hydrogen-bond donors (Lipinski definition) is 2. The van der Waals surface area contributed by atoms with Gasteiger partial charge in [-0.15, -0.1) is 0 Å². The highest BCUT2D eigenvalue weighted by Gasteiger charge is 2.14. The topological polar surface area (TPSA) is 89.7 Å². The Bertz CT molecular complexity index is 1010. The first kappa shape index (κ1) is 14.1. The number of nitrogens with two attached hydrogens (primary N) is 1. The second kappa shape index (κ2) is 5.62. The van der Waals surface area contributed by atoms with Gasteiger partial charge in [0.25, 0.3) is 0 Å². The molecular weight excluding hydrogens is 309 g/mol. The number of aromatic amines is 1. The van der Waals surface area contributed by atoms with E-state index < -0.39 is 0 Å². The lowest BCUT2D eigenvalue weighted by Crippen LogP contribution is -1.93. The average molecular weight is 321 g/mol. The van der Waals surface area contributed by atoms with Crippen molar-refractivity contribution in [1.82, 2.24) is 19.9 Å². The monoisotopic (exact) mass is 321 g/mol. The molecule has 0 fully saturated rings. The molecule has 0 bridgehead atoms. The van der Waals surface area contributed by atoms with Crippen molar-refractivity contribution >= 4 is 16.9 Å². The quantitative estimate of drug-likeness (QED) is 0.602. The smallest absolute Gasteiger partial charge is 0.141 e. The van der Waals surface area contributed by atoms with Crippen LogP contribution in [0.5, 0.6) is 11.5 Å². The van der Waals surface area contributed by atoms with E-state index in [2.05, 4.69) is 19.9 Å². The van der Waals surface area contributed by atoms with Crippen LogP contribution in [0.15, 0.2) is 55.1 Å². The van der Waals surface area contributed by atoms with E-state index in [0.29, 0.717) is 28.7 Å². The van der Waals surface area contributed by atoms with Gasteiger partial charge in [0.15, 0.2) is 0 Å². The van der Waals surface area contributed by atoms with Crippen LogP contribution in [0.1, 0.15) is 0 Å². The van der Waals surface area contributed by atoms with Gasteiger partial charge in [0.1, 0.15) is 35.1 Å². The zero-order valence-corrected chi connectivity index (χ0v) is 12.4. The number of H-pyrrole nitrogens is 1. The third-order valence-corrected chi connectivity index (χ3v) is 3.54. The van der Waals surface area contributed by atoms with Gasteiger partial charge in [-0.3, -0.25) is 0 Å². The zero-order chi connectivity index (χ0) is 16.5. The number of nitrogens with zero attached hydrogens (tertiary/aromatic N) is 3. The summed E-state index contributed by atoms with van der Waals surface area (Å²) < 4.78 is 19.0. The summed E-state index contributed by atoms with van der Waals surface area (Å²) in [6.45, 7) is 0. The van der Waals surface area contributed by atoms with Gasteiger partial charge >= 0.3 is 0 Å². The van der Waals surface area contributed by atoms with Crippen molar-refractivity contribution in [2.75, 3.05) is 5.73 Å². The molecule has 0 saturated carbocycles. The van der Waals surface area contributed by atoms with Crippen LogP contribution in [0.3, 0.4) is 0 Å². The van der Waals surface area contributed by atoms with E-state index in [4.69, 9.17) is 10.5 Å². The first-order valence-corrected chi connectivity index (χ1v) is 7.18. The van der Waals surface area contributed by atoms with Crippen LogP contribution < -0.4 is 10.5 Å².